The van der Waals surface area contributed by atoms with E-state index in [4.69, 9.17) is 19.3 Å². The number of hydrogen-bond acceptors (Lipinski definition) is 5. The molecule has 0 saturated heterocycles. The van der Waals surface area contributed by atoms with Gasteiger partial charge in [-0.1, -0.05) is 30.3 Å². The van der Waals surface area contributed by atoms with Gasteiger partial charge in [-0.05, 0) is 36.4 Å². The Bertz CT molecular complexity index is 1260. The first-order valence-electron chi connectivity index (χ1n) is 10.7. The lowest BCUT2D eigenvalue weighted by molar-refractivity contribution is -0.137. The number of halogens is 3. The van der Waals surface area contributed by atoms with Crippen LogP contribution in [0.2, 0.25) is 0 Å². The number of hydrogen-bond donors (Lipinski definition) is 0. The van der Waals surface area contributed by atoms with Gasteiger partial charge in [0, 0.05) is 23.1 Å². The third-order valence-corrected chi connectivity index (χ3v) is 6.07. The van der Waals surface area contributed by atoms with Crippen LogP contribution in [0.15, 0.2) is 71.8 Å². The number of para-hydroxylation sites is 1. The van der Waals surface area contributed by atoms with Crippen LogP contribution >= 0.6 is 0 Å². The molecular formula is C25H19F3N2O3. The maximum absolute atomic E-state index is 13.4. The zero-order valence-electron chi connectivity index (χ0n) is 17.4. The van der Waals surface area contributed by atoms with E-state index >= 15 is 0 Å². The Morgan fingerprint density at radius 2 is 1.67 bits per heavy atom. The second-order valence-corrected chi connectivity index (χ2v) is 8.14. The molecule has 0 aromatic heterocycles. The van der Waals surface area contributed by atoms with Crippen LogP contribution in [0.1, 0.15) is 40.9 Å². The predicted molar refractivity (Wildman–Crippen MR) is 114 cm³/mol. The van der Waals surface area contributed by atoms with Gasteiger partial charge in [-0.2, -0.15) is 18.3 Å². The Balaban J connectivity index is 1.41. The van der Waals surface area contributed by atoms with E-state index in [0.29, 0.717) is 42.4 Å². The van der Waals surface area contributed by atoms with Gasteiger partial charge in [-0.15, -0.1) is 0 Å². The van der Waals surface area contributed by atoms with Crippen molar-refractivity contribution < 1.29 is 27.4 Å². The summed E-state index contributed by atoms with van der Waals surface area (Å²) >= 11 is 0. The van der Waals surface area contributed by atoms with Crippen LogP contribution in [-0.2, 0) is 6.18 Å². The molecule has 6 rings (SSSR count). The summed E-state index contributed by atoms with van der Waals surface area (Å²) in [5, 5.41) is 6.59. The van der Waals surface area contributed by atoms with E-state index in [1.165, 1.54) is 6.07 Å². The molecule has 0 spiro atoms. The highest BCUT2D eigenvalue weighted by atomic mass is 19.4. The third kappa shape index (κ3) is 3.46. The molecule has 168 valence electrons. The molecule has 0 N–H and O–H groups in total. The zero-order chi connectivity index (χ0) is 22.6. The van der Waals surface area contributed by atoms with Gasteiger partial charge in [0.25, 0.3) is 0 Å². The Morgan fingerprint density at radius 1 is 0.848 bits per heavy atom. The monoisotopic (exact) mass is 452 g/mol. The maximum atomic E-state index is 13.4. The van der Waals surface area contributed by atoms with E-state index in [2.05, 4.69) is 0 Å². The van der Waals surface area contributed by atoms with Gasteiger partial charge < -0.3 is 14.2 Å². The summed E-state index contributed by atoms with van der Waals surface area (Å²) in [6.45, 7) is 0.993. The molecule has 3 aromatic rings. The van der Waals surface area contributed by atoms with Crippen molar-refractivity contribution in [1.82, 2.24) is 5.01 Å². The number of benzene rings is 3. The summed E-state index contributed by atoms with van der Waals surface area (Å²) in [5.41, 5.74) is 2.34. The second kappa shape index (κ2) is 7.43. The van der Waals surface area contributed by atoms with Crippen molar-refractivity contribution >= 4 is 5.71 Å². The standard InChI is InChI=1S/C25H19F3N2O3/c26-25(27,28)17-5-3-4-16(12-17)24-30-20(18-6-1-2-7-21(18)33-24)14-19(29-30)15-8-9-22-23(13-15)32-11-10-31-22/h1-9,12-13,20,24H,10-11,14H2/t20-,24-/m1/s1. The van der Waals surface area contributed by atoms with E-state index < -0.39 is 18.0 Å². The largest absolute Gasteiger partial charge is 0.486 e. The molecule has 3 aliphatic heterocycles. The highest BCUT2D eigenvalue weighted by Crippen LogP contribution is 2.48. The number of nitrogens with zero attached hydrogens (tertiary/aromatic N) is 2. The molecule has 0 fully saturated rings. The third-order valence-electron chi connectivity index (χ3n) is 6.07. The van der Waals surface area contributed by atoms with Crippen molar-refractivity contribution in [3.63, 3.8) is 0 Å². The predicted octanol–water partition coefficient (Wildman–Crippen LogP) is 5.72. The van der Waals surface area contributed by atoms with Crippen molar-refractivity contribution in [3.05, 3.63) is 89.0 Å². The topological polar surface area (TPSA) is 43.3 Å². The molecule has 3 aromatic carbocycles. The average molecular weight is 452 g/mol. The van der Waals surface area contributed by atoms with Crippen LogP contribution in [0.5, 0.6) is 17.2 Å². The number of hydrazone groups is 1. The van der Waals surface area contributed by atoms with Crippen LogP contribution in [-0.4, -0.2) is 23.9 Å². The molecule has 0 amide bonds. The molecule has 0 aliphatic carbocycles. The highest BCUT2D eigenvalue weighted by molar-refractivity contribution is 6.02. The molecule has 0 unspecified atom stereocenters. The molecule has 3 aliphatic rings. The molecule has 0 radical (unpaired) electrons. The number of fused-ring (bicyclic) bond motifs is 4. The molecule has 0 saturated carbocycles. The van der Waals surface area contributed by atoms with Gasteiger partial charge in [0.05, 0.1) is 17.3 Å². The number of alkyl halides is 3. The molecule has 8 heteroatoms. The van der Waals surface area contributed by atoms with E-state index in [1.54, 1.807) is 11.1 Å². The minimum absolute atomic E-state index is 0.155. The van der Waals surface area contributed by atoms with Crippen LogP contribution < -0.4 is 14.2 Å². The number of rotatable bonds is 2. The quantitative estimate of drug-likeness (QED) is 0.499. The van der Waals surface area contributed by atoms with Crippen molar-refractivity contribution in [1.29, 1.82) is 0 Å². The fourth-order valence-electron chi connectivity index (χ4n) is 4.52. The van der Waals surface area contributed by atoms with E-state index in [0.717, 1.165) is 29.0 Å². The lowest BCUT2D eigenvalue weighted by atomic mass is 9.95. The first-order valence-corrected chi connectivity index (χ1v) is 10.7. The summed E-state index contributed by atoms with van der Waals surface area (Å²) in [6, 6.07) is 18.4. The van der Waals surface area contributed by atoms with Gasteiger partial charge in [0.2, 0.25) is 6.23 Å². The summed E-state index contributed by atoms with van der Waals surface area (Å²) in [6.07, 6.45) is -4.62. The van der Waals surface area contributed by atoms with Crippen LogP contribution in [0.4, 0.5) is 13.2 Å². The van der Waals surface area contributed by atoms with Crippen molar-refractivity contribution in [2.24, 2.45) is 5.10 Å². The first-order chi connectivity index (χ1) is 16.0. The molecule has 5 nitrogen and oxygen atoms in total. The van der Waals surface area contributed by atoms with Crippen molar-refractivity contribution in [3.8, 4) is 17.2 Å². The Labute approximate surface area is 188 Å². The summed E-state index contributed by atoms with van der Waals surface area (Å²) < 4.78 is 57.6. The summed E-state index contributed by atoms with van der Waals surface area (Å²) in [4.78, 5) is 0. The normalized spacial score (nSPS) is 21.1. The van der Waals surface area contributed by atoms with Crippen LogP contribution in [0.3, 0.4) is 0 Å². The smallest absolute Gasteiger partial charge is 0.416 e. The molecular weight excluding hydrogens is 433 g/mol. The maximum Gasteiger partial charge on any atom is 0.416 e. The van der Waals surface area contributed by atoms with E-state index in [9.17, 15) is 13.2 Å². The van der Waals surface area contributed by atoms with Gasteiger partial charge >= 0.3 is 6.18 Å². The lowest BCUT2D eigenvalue weighted by Crippen LogP contribution is -2.33. The SMILES string of the molecule is FC(F)(F)c1cccc([C@H]2Oc3ccccc3[C@H]3CC(c4ccc5c(c4)OCCO5)=NN32)c1. The zero-order valence-corrected chi connectivity index (χ0v) is 17.4. The van der Waals surface area contributed by atoms with Crippen LogP contribution in [0.25, 0.3) is 0 Å². The second-order valence-electron chi connectivity index (χ2n) is 8.14. The summed E-state index contributed by atoms with van der Waals surface area (Å²) in [7, 11) is 0. The Morgan fingerprint density at radius 3 is 2.52 bits per heavy atom. The van der Waals surface area contributed by atoms with Gasteiger partial charge in [-0.3, -0.25) is 0 Å². The van der Waals surface area contributed by atoms with Gasteiger partial charge in [-0.25, -0.2) is 5.01 Å². The highest BCUT2D eigenvalue weighted by Gasteiger charge is 2.42. The average Bonchev–Trinajstić information content (AvgIpc) is 3.29. The van der Waals surface area contributed by atoms with E-state index in [-0.39, 0.29) is 6.04 Å². The summed E-state index contributed by atoms with van der Waals surface area (Å²) in [5.74, 6) is 2.01. The fraction of sp³-hybridized carbons (Fsp3) is 0.240. The number of ether oxygens (including phenoxy) is 3. The minimum atomic E-state index is -4.44. The van der Waals surface area contributed by atoms with Crippen molar-refractivity contribution in [2.75, 3.05) is 13.2 Å². The van der Waals surface area contributed by atoms with Crippen LogP contribution in [0, 0.1) is 0 Å². The Hall–Kier alpha value is -3.68. The van der Waals surface area contributed by atoms with Gasteiger partial charge in [0.1, 0.15) is 19.0 Å². The molecule has 3 heterocycles. The molecule has 2 atom stereocenters. The minimum Gasteiger partial charge on any atom is -0.486 e. The first kappa shape index (κ1) is 20.0. The molecule has 33 heavy (non-hydrogen) atoms. The van der Waals surface area contributed by atoms with E-state index in [1.807, 2.05) is 42.5 Å². The molecule has 0 bridgehead atoms. The Kier molecular flexibility index (Phi) is 4.50. The fourth-order valence-corrected chi connectivity index (χ4v) is 4.52. The van der Waals surface area contributed by atoms with Crippen molar-refractivity contribution in [2.45, 2.75) is 24.9 Å². The van der Waals surface area contributed by atoms with Gasteiger partial charge in [0.15, 0.2) is 11.5 Å². The lowest BCUT2D eigenvalue weighted by Gasteiger charge is -2.38.